The molecule has 0 N–H and O–H groups in total. The molecule has 7 heteroatoms. The first-order chi connectivity index (χ1) is 7.97. The fourth-order valence-corrected chi connectivity index (χ4v) is 1.48. The highest BCUT2D eigenvalue weighted by molar-refractivity contribution is 6.18. The Morgan fingerprint density at radius 1 is 1.59 bits per heavy atom. The number of carbonyl (C=O) groups excluding carboxylic acids is 1. The van der Waals surface area contributed by atoms with Gasteiger partial charge in [0.05, 0.1) is 16.6 Å². The molecule has 0 aliphatic rings. The van der Waals surface area contributed by atoms with Crippen molar-refractivity contribution in [3.05, 3.63) is 39.7 Å². The molecule has 0 fully saturated rings. The van der Waals surface area contributed by atoms with Crippen LogP contribution < -0.4 is 0 Å². The molecule has 0 aromatic heterocycles. The number of nitrogens with zero attached hydrogens (tertiary/aromatic N) is 2. The van der Waals surface area contributed by atoms with Crippen LogP contribution in [0.15, 0.2) is 18.2 Å². The van der Waals surface area contributed by atoms with Crippen LogP contribution >= 0.6 is 11.6 Å². The summed E-state index contributed by atoms with van der Waals surface area (Å²) < 4.78 is 13.5. The number of rotatable bonds is 4. The van der Waals surface area contributed by atoms with E-state index in [-0.39, 0.29) is 23.7 Å². The lowest BCUT2D eigenvalue weighted by Crippen LogP contribution is -2.29. The Kier molecular flexibility index (Phi) is 4.39. The third kappa shape index (κ3) is 3.13. The van der Waals surface area contributed by atoms with Gasteiger partial charge in [0.25, 0.3) is 11.6 Å². The normalized spacial score (nSPS) is 10.1. The van der Waals surface area contributed by atoms with Crippen LogP contribution in [0, 0.1) is 15.9 Å². The van der Waals surface area contributed by atoms with E-state index in [2.05, 4.69) is 0 Å². The molecule has 92 valence electrons. The Hall–Kier alpha value is -1.69. The summed E-state index contributed by atoms with van der Waals surface area (Å²) in [5, 5.41) is 10.4. The fourth-order valence-electron chi connectivity index (χ4n) is 1.22. The summed E-state index contributed by atoms with van der Waals surface area (Å²) in [6.45, 7) is 0.275. The summed E-state index contributed by atoms with van der Waals surface area (Å²) in [6, 6.07) is 2.91. The van der Waals surface area contributed by atoms with Gasteiger partial charge in [-0.15, -0.1) is 11.6 Å². The van der Waals surface area contributed by atoms with Gasteiger partial charge < -0.3 is 4.90 Å². The van der Waals surface area contributed by atoms with Crippen LogP contribution in [0.25, 0.3) is 0 Å². The lowest BCUT2D eigenvalue weighted by molar-refractivity contribution is -0.385. The third-order valence-electron chi connectivity index (χ3n) is 2.16. The highest BCUT2D eigenvalue weighted by atomic mass is 35.5. The molecule has 0 radical (unpaired) electrons. The summed E-state index contributed by atoms with van der Waals surface area (Å²) in [5.74, 6) is -1.24. The van der Waals surface area contributed by atoms with E-state index in [4.69, 9.17) is 11.6 Å². The molecule has 0 aliphatic heterocycles. The number of hydrogen-bond acceptors (Lipinski definition) is 3. The zero-order chi connectivity index (χ0) is 13.0. The van der Waals surface area contributed by atoms with E-state index in [0.717, 1.165) is 18.2 Å². The standard InChI is InChI=1S/C10H10ClFN2O3/c1-13(5-4-11)10(15)8-3-2-7(14(16)17)6-9(8)12/h2-3,6H,4-5H2,1H3. The number of hydrogen-bond donors (Lipinski definition) is 0. The number of nitro benzene ring substituents is 1. The Balaban J connectivity index is 3.00. The second-order valence-corrected chi connectivity index (χ2v) is 3.71. The number of benzene rings is 1. The minimum atomic E-state index is -0.911. The number of halogens is 2. The molecule has 0 bridgehead atoms. The maximum atomic E-state index is 13.5. The smallest absolute Gasteiger partial charge is 0.272 e. The molecule has 1 rings (SSSR count). The quantitative estimate of drug-likeness (QED) is 0.473. The van der Waals surface area contributed by atoms with Crippen molar-refractivity contribution >= 4 is 23.2 Å². The fraction of sp³-hybridized carbons (Fsp3) is 0.300. The largest absolute Gasteiger partial charge is 0.340 e. The predicted molar refractivity (Wildman–Crippen MR) is 60.7 cm³/mol. The van der Waals surface area contributed by atoms with Crippen molar-refractivity contribution in [3.63, 3.8) is 0 Å². The summed E-state index contributed by atoms with van der Waals surface area (Å²) >= 11 is 5.46. The lowest BCUT2D eigenvalue weighted by atomic mass is 10.1. The van der Waals surface area contributed by atoms with Crippen LogP contribution in [0.2, 0.25) is 0 Å². The molecule has 0 atom stereocenters. The molecule has 17 heavy (non-hydrogen) atoms. The van der Waals surface area contributed by atoms with Gasteiger partial charge in [0.1, 0.15) is 5.82 Å². The van der Waals surface area contributed by atoms with Crippen LogP contribution in [-0.2, 0) is 0 Å². The van der Waals surface area contributed by atoms with Gasteiger partial charge in [-0.05, 0) is 6.07 Å². The molecule has 1 aromatic rings. The second kappa shape index (κ2) is 5.58. The molecular weight excluding hydrogens is 251 g/mol. The highest BCUT2D eigenvalue weighted by Crippen LogP contribution is 2.17. The van der Waals surface area contributed by atoms with E-state index in [1.165, 1.54) is 11.9 Å². The predicted octanol–water partition coefficient (Wildman–Crippen LogP) is 2.04. The summed E-state index contributed by atoms with van der Waals surface area (Å²) in [4.78, 5) is 22.6. The van der Waals surface area contributed by atoms with E-state index >= 15 is 0 Å². The second-order valence-electron chi connectivity index (χ2n) is 3.34. The van der Waals surface area contributed by atoms with Crippen LogP contribution in [0.1, 0.15) is 10.4 Å². The van der Waals surface area contributed by atoms with Gasteiger partial charge in [0.2, 0.25) is 0 Å². The van der Waals surface area contributed by atoms with Crippen molar-refractivity contribution in [1.82, 2.24) is 4.90 Å². The first kappa shape index (κ1) is 13.4. The summed E-state index contributed by atoms with van der Waals surface area (Å²) in [5.41, 5.74) is -0.595. The van der Waals surface area contributed by atoms with E-state index in [9.17, 15) is 19.3 Å². The average Bonchev–Trinajstić information content (AvgIpc) is 2.28. The number of alkyl halides is 1. The van der Waals surface area contributed by atoms with Gasteiger partial charge in [0.15, 0.2) is 0 Å². The minimum absolute atomic E-state index is 0.205. The van der Waals surface area contributed by atoms with Crippen molar-refractivity contribution in [2.45, 2.75) is 0 Å². The van der Waals surface area contributed by atoms with Crippen LogP contribution in [0.4, 0.5) is 10.1 Å². The summed E-state index contributed by atoms with van der Waals surface area (Å²) in [6.07, 6.45) is 0. The molecule has 0 saturated carbocycles. The summed E-state index contributed by atoms with van der Waals surface area (Å²) in [7, 11) is 1.48. The molecule has 1 aromatic carbocycles. The lowest BCUT2D eigenvalue weighted by Gasteiger charge is -2.15. The van der Waals surface area contributed by atoms with Gasteiger partial charge in [-0.1, -0.05) is 0 Å². The first-order valence-corrected chi connectivity index (χ1v) is 5.26. The van der Waals surface area contributed by atoms with Crippen LogP contribution in [0.5, 0.6) is 0 Å². The molecule has 0 aliphatic carbocycles. The van der Waals surface area contributed by atoms with Crippen molar-refractivity contribution in [2.24, 2.45) is 0 Å². The molecule has 5 nitrogen and oxygen atoms in total. The zero-order valence-corrected chi connectivity index (χ0v) is 9.78. The van der Waals surface area contributed by atoms with Gasteiger partial charge in [-0.2, -0.15) is 0 Å². The number of carbonyl (C=O) groups is 1. The minimum Gasteiger partial charge on any atom is -0.340 e. The number of nitro groups is 1. The molecule has 0 unspecified atom stereocenters. The monoisotopic (exact) mass is 260 g/mol. The van der Waals surface area contributed by atoms with Crippen LogP contribution in [0.3, 0.4) is 0 Å². The SMILES string of the molecule is CN(CCCl)C(=O)c1ccc([N+](=O)[O-])cc1F. The maximum Gasteiger partial charge on any atom is 0.272 e. The van der Waals surface area contributed by atoms with Gasteiger partial charge in [0, 0.05) is 25.5 Å². The number of amides is 1. The van der Waals surface area contributed by atoms with Gasteiger partial charge in [-0.3, -0.25) is 14.9 Å². The molecule has 0 saturated heterocycles. The molecule has 1 amide bonds. The van der Waals surface area contributed by atoms with E-state index in [1.807, 2.05) is 0 Å². The third-order valence-corrected chi connectivity index (χ3v) is 2.33. The Morgan fingerprint density at radius 3 is 2.71 bits per heavy atom. The van der Waals surface area contributed by atoms with E-state index in [1.54, 1.807) is 0 Å². The number of non-ortho nitro benzene ring substituents is 1. The van der Waals surface area contributed by atoms with E-state index in [0.29, 0.717) is 0 Å². The van der Waals surface area contributed by atoms with Crippen LogP contribution in [-0.4, -0.2) is 35.2 Å². The Bertz CT molecular complexity index is 453. The topological polar surface area (TPSA) is 63.5 Å². The zero-order valence-electron chi connectivity index (χ0n) is 9.02. The van der Waals surface area contributed by atoms with Crippen molar-refractivity contribution in [1.29, 1.82) is 0 Å². The first-order valence-electron chi connectivity index (χ1n) is 4.72. The van der Waals surface area contributed by atoms with Crippen molar-refractivity contribution in [3.8, 4) is 0 Å². The average molecular weight is 261 g/mol. The van der Waals surface area contributed by atoms with Gasteiger partial charge >= 0.3 is 0 Å². The highest BCUT2D eigenvalue weighted by Gasteiger charge is 2.18. The maximum absolute atomic E-state index is 13.5. The van der Waals surface area contributed by atoms with Crippen molar-refractivity contribution in [2.75, 3.05) is 19.5 Å². The Morgan fingerprint density at radius 2 is 2.24 bits per heavy atom. The van der Waals surface area contributed by atoms with E-state index < -0.39 is 16.6 Å². The molecule has 0 heterocycles. The van der Waals surface area contributed by atoms with Crippen molar-refractivity contribution < 1.29 is 14.1 Å². The Labute approximate surface area is 102 Å². The van der Waals surface area contributed by atoms with Gasteiger partial charge in [-0.25, -0.2) is 4.39 Å². The molecule has 0 spiro atoms. The molecular formula is C10H10ClFN2O3.